The summed E-state index contributed by atoms with van der Waals surface area (Å²) in [6, 6.07) is 9.76. The Labute approximate surface area is 138 Å². The molecule has 2 aromatic rings. The fourth-order valence-electron chi connectivity index (χ4n) is 3.21. The number of halogens is 2. The van der Waals surface area contributed by atoms with Crippen molar-refractivity contribution in [3.05, 3.63) is 70.8 Å². The Hall–Kier alpha value is -2.31. The summed E-state index contributed by atoms with van der Waals surface area (Å²) in [5, 5.41) is 9.98. The first-order valence-corrected chi connectivity index (χ1v) is 7.70. The normalized spacial score (nSPS) is 21.1. The smallest absolute Gasteiger partial charge is 0.248 e. The number of likely N-dealkylation sites (tertiary alicyclic amines) is 1. The van der Waals surface area contributed by atoms with Crippen LogP contribution >= 0.6 is 0 Å². The number of carbonyl (C=O) groups excluding carboxylic acids is 1. The van der Waals surface area contributed by atoms with Crippen molar-refractivity contribution in [3.63, 3.8) is 0 Å². The highest BCUT2D eigenvalue weighted by atomic mass is 19.1. The molecule has 1 heterocycles. The quantitative estimate of drug-likeness (QED) is 0.903. The van der Waals surface area contributed by atoms with Gasteiger partial charge >= 0.3 is 0 Å². The van der Waals surface area contributed by atoms with E-state index >= 15 is 0 Å². The standard InChI is InChI=1S/C18H18F2N2O2/c19-13-4-5-16(20)15(7-13)17-8-14(23)10-22(17)9-11-2-1-3-12(6-11)18(21)24/h1-7,14,17,23H,8-10H2,(H2,21,24)/t14-,17+/m0/s1. The average molecular weight is 332 g/mol. The van der Waals surface area contributed by atoms with Crippen LogP contribution in [0.4, 0.5) is 8.78 Å². The van der Waals surface area contributed by atoms with E-state index in [2.05, 4.69) is 0 Å². The number of nitrogens with zero attached hydrogens (tertiary/aromatic N) is 1. The van der Waals surface area contributed by atoms with Gasteiger partial charge in [-0.15, -0.1) is 0 Å². The number of β-amino-alcohol motifs (C(OH)–C–C–N with tert-alkyl or cyclic N) is 1. The summed E-state index contributed by atoms with van der Waals surface area (Å²) in [6.45, 7) is 0.750. The molecule has 1 amide bonds. The Balaban J connectivity index is 1.87. The Kier molecular flexibility index (Phi) is 4.59. The van der Waals surface area contributed by atoms with Crippen molar-refractivity contribution >= 4 is 5.91 Å². The molecule has 3 rings (SSSR count). The van der Waals surface area contributed by atoms with E-state index in [1.807, 2.05) is 11.0 Å². The van der Waals surface area contributed by atoms with Gasteiger partial charge in [0.2, 0.25) is 5.91 Å². The van der Waals surface area contributed by atoms with E-state index < -0.39 is 29.7 Å². The second kappa shape index (κ2) is 6.67. The molecular formula is C18H18F2N2O2. The average Bonchev–Trinajstić information content (AvgIpc) is 2.90. The summed E-state index contributed by atoms with van der Waals surface area (Å²) in [5.74, 6) is -1.53. The Morgan fingerprint density at radius 3 is 2.79 bits per heavy atom. The second-order valence-corrected chi connectivity index (χ2v) is 6.07. The minimum Gasteiger partial charge on any atom is -0.392 e. The van der Waals surface area contributed by atoms with Gasteiger partial charge in [0.05, 0.1) is 6.10 Å². The largest absolute Gasteiger partial charge is 0.392 e. The predicted octanol–water partition coefficient (Wildman–Crippen LogP) is 2.37. The number of hydrogen-bond acceptors (Lipinski definition) is 3. The molecule has 1 aliphatic heterocycles. The number of nitrogens with two attached hydrogens (primary N) is 1. The topological polar surface area (TPSA) is 66.6 Å². The van der Waals surface area contributed by atoms with E-state index in [9.17, 15) is 18.7 Å². The molecule has 0 unspecified atom stereocenters. The molecule has 24 heavy (non-hydrogen) atoms. The van der Waals surface area contributed by atoms with Crippen molar-refractivity contribution < 1.29 is 18.7 Å². The van der Waals surface area contributed by atoms with Crippen molar-refractivity contribution in [2.24, 2.45) is 5.73 Å². The lowest BCUT2D eigenvalue weighted by Gasteiger charge is -2.25. The minimum absolute atomic E-state index is 0.234. The summed E-state index contributed by atoms with van der Waals surface area (Å²) in [6.07, 6.45) is -0.285. The third-order valence-corrected chi connectivity index (χ3v) is 4.30. The minimum atomic E-state index is -0.614. The molecule has 1 fully saturated rings. The van der Waals surface area contributed by atoms with Gasteiger partial charge in [-0.25, -0.2) is 8.78 Å². The third-order valence-electron chi connectivity index (χ3n) is 4.30. The van der Waals surface area contributed by atoms with Gasteiger partial charge in [-0.3, -0.25) is 9.69 Å². The van der Waals surface area contributed by atoms with E-state index in [0.29, 0.717) is 25.1 Å². The molecule has 2 aromatic carbocycles. The first-order valence-electron chi connectivity index (χ1n) is 7.70. The lowest BCUT2D eigenvalue weighted by atomic mass is 10.0. The molecule has 0 spiro atoms. The number of aliphatic hydroxyl groups excluding tert-OH is 1. The molecule has 0 radical (unpaired) electrons. The molecule has 6 heteroatoms. The van der Waals surface area contributed by atoms with Crippen LogP contribution in [0.2, 0.25) is 0 Å². The maximum atomic E-state index is 14.1. The van der Waals surface area contributed by atoms with Crippen LogP contribution in [0.25, 0.3) is 0 Å². The highest BCUT2D eigenvalue weighted by Gasteiger charge is 2.33. The Morgan fingerprint density at radius 1 is 1.25 bits per heavy atom. The zero-order chi connectivity index (χ0) is 17.3. The lowest BCUT2D eigenvalue weighted by Crippen LogP contribution is -2.25. The van der Waals surface area contributed by atoms with E-state index in [4.69, 9.17) is 5.73 Å². The Morgan fingerprint density at radius 2 is 2.04 bits per heavy atom. The molecule has 0 saturated carbocycles. The van der Waals surface area contributed by atoms with Crippen LogP contribution in [0, 0.1) is 11.6 Å². The molecule has 1 saturated heterocycles. The molecule has 4 nitrogen and oxygen atoms in total. The maximum Gasteiger partial charge on any atom is 0.248 e. The van der Waals surface area contributed by atoms with Gasteiger partial charge in [0.15, 0.2) is 0 Å². The van der Waals surface area contributed by atoms with Crippen LogP contribution in [-0.4, -0.2) is 28.6 Å². The van der Waals surface area contributed by atoms with Crippen LogP contribution in [0.1, 0.15) is 33.9 Å². The van der Waals surface area contributed by atoms with Gasteiger partial charge < -0.3 is 10.8 Å². The number of hydrogen-bond donors (Lipinski definition) is 2. The number of benzene rings is 2. The highest BCUT2D eigenvalue weighted by Crippen LogP contribution is 2.35. The Bertz CT molecular complexity index is 766. The zero-order valence-electron chi connectivity index (χ0n) is 13.0. The number of rotatable bonds is 4. The van der Waals surface area contributed by atoms with Crippen molar-refractivity contribution in [2.45, 2.75) is 25.1 Å². The number of amides is 1. The van der Waals surface area contributed by atoms with E-state index in [0.717, 1.165) is 17.7 Å². The van der Waals surface area contributed by atoms with Gasteiger partial charge in [-0.2, -0.15) is 0 Å². The molecule has 126 valence electrons. The molecule has 0 aromatic heterocycles. The van der Waals surface area contributed by atoms with Crippen LogP contribution < -0.4 is 5.73 Å². The van der Waals surface area contributed by atoms with Gasteiger partial charge in [-0.1, -0.05) is 12.1 Å². The zero-order valence-corrected chi connectivity index (χ0v) is 13.0. The van der Waals surface area contributed by atoms with Gasteiger partial charge in [0.1, 0.15) is 11.6 Å². The van der Waals surface area contributed by atoms with Crippen LogP contribution in [-0.2, 0) is 6.54 Å². The summed E-state index contributed by atoms with van der Waals surface area (Å²) < 4.78 is 27.6. The van der Waals surface area contributed by atoms with Gasteiger partial charge in [0, 0.05) is 30.3 Å². The van der Waals surface area contributed by atoms with Crippen molar-refractivity contribution in [2.75, 3.05) is 6.54 Å². The highest BCUT2D eigenvalue weighted by molar-refractivity contribution is 5.92. The predicted molar refractivity (Wildman–Crippen MR) is 85.1 cm³/mol. The summed E-state index contributed by atoms with van der Waals surface area (Å²) >= 11 is 0. The van der Waals surface area contributed by atoms with Gasteiger partial charge in [-0.05, 0) is 42.3 Å². The number of aliphatic hydroxyl groups is 1. The molecule has 1 aliphatic rings. The summed E-state index contributed by atoms with van der Waals surface area (Å²) in [7, 11) is 0. The first-order chi connectivity index (χ1) is 11.4. The molecule has 0 aliphatic carbocycles. The number of primary amides is 1. The number of carbonyl (C=O) groups is 1. The van der Waals surface area contributed by atoms with E-state index in [1.165, 1.54) is 6.07 Å². The van der Waals surface area contributed by atoms with Crippen molar-refractivity contribution in [1.82, 2.24) is 4.90 Å². The molecular weight excluding hydrogens is 314 g/mol. The summed E-state index contributed by atoms with van der Waals surface area (Å²) in [5.41, 5.74) is 6.73. The van der Waals surface area contributed by atoms with E-state index in [-0.39, 0.29) is 5.56 Å². The van der Waals surface area contributed by atoms with Crippen LogP contribution in [0.3, 0.4) is 0 Å². The monoisotopic (exact) mass is 332 g/mol. The van der Waals surface area contributed by atoms with E-state index in [1.54, 1.807) is 18.2 Å². The van der Waals surface area contributed by atoms with Crippen molar-refractivity contribution in [3.8, 4) is 0 Å². The third kappa shape index (κ3) is 3.44. The summed E-state index contributed by atoms with van der Waals surface area (Å²) in [4.78, 5) is 13.2. The lowest BCUT2D eigenvalue weighted by molar-refractivity contribution is 0.1000. The maximum absolute atomic E-state index is 14.1. The molecule has 3 N–H and O–H groups in total. The SMILES string of the molecule is NC(=O)c1cccc(CN2C[C@@H](O)C[C@@H]2c2cc(F)ccc2F)c1. The van der Waals surface area contributed by atoms with Crippen molar-refractivity contribution in [1.29, 1.82) is 0 Å². The first kappa shape index (κ1) is 16.5. The fraction of sp³-hybridized carbons (Fsp3) is 0.278. The molecule has 2 atom stereocenters. The van der Waals surface area contributed by atoms with Gasteiger partial charge in [0.25, 0.3) is 0 Å². The van der Waals surface area contributed by atoms with Crippen LogP contribution in [0.5, 0.6) is 0 Å². The fourth-order valence-corrected chi connectivity index (χ4v) is 3.21. The van der Waals surface area contributed by atoms with Crippen LogP contribution in [0.15, 0.2) is 42.5 Å². The molecule has 0 bridgehead atoms. The second-order valence-electron chi connectivity index (χ2n) is 6.07.